The molecule has 0 amide bonds. The minimum atomic E-state index is -5.35. The van der Waals surface area contributed by atoms with Crippen LogP contribution >= 0.6 is 0 Å². The van der Waals surface area contributed by atoms with Crippen molar-refractivity contribution >= 4 is 16.8 Å². The number of hydrogen-bond donors (Lipinski definition) is 0. The first-order valence-corrected chi connectivity index (χ1v) is 13.8. The molecule has 0 radical (unpaired) electrons. The Hall–Kier alpha value is -3.08. The number of benzene rings is 2. The van der Waals surface area contributed by atoms with Gasteiger partial charge in [-0.25, -0.2) is 0 Å². The van der Waals surface area contributed by atoms with Crippen molar-refractivity contribution in [2.75, 3.05) is 0 Å². The Morgan fingerprint density at radius 1 is 0.900 bits per heavy atom. The van der Waals surface area contributed by atoms with Gasteiger partial charge in [-0.1, -0.05) is 0 Å². The second kappa shape index (κ2) is 7.31. The molecular weight excluding hydrogens is 412 g/mol. The molecule has 0 unspecified atom stereocenters. The SMILES string of the molecule is C=CC(=O)[O][Ti](=[CH2])([O]C(=O)C=C)([C]1=CC=CC1)[CH]1c2ccccc2-c2ccccc21. The first-order chi connectivity index (χ1) is 14.4. The van der Waals surface area contributed by atoms with Crippen LogP contribution in [0.25, 0.3) is 11.1 Å². The Morgan fingerprint density at radius 2 is 1.40 bits per heavy atom. The Labute approximate surface area is 177 Å². The van der Waals surface area contributed by atoms with Crippen LogP contribution in [0.4, 0.5) is 0 Å². The normalized spacial score (nSPS) is 15.0. The van der Waals surface area contributed by atoms with E-state index in [9.17, 15) is 9.59 Å². The molecule has 0 heterocycles. The summed E-state index contributed by atoms with van der Waals surface area (Å²) in [5.41, 5.74) is 3.92. The molecule has 150 valence electrons. The van der Waals surface area contributed by atoms with E-state index in [4.69, 9.17) is 6.64 Å². The molecule has 2 aromatic carbocycles. The van der Waals surface area contributed by atoms with Crippen LogP contribution in [-0.2, 0) is 31.8 Å². The zero-order chi connectivity index (χ0) is 21.4. The number of fused-ring (bicyclic) bond motifs is 3. The molecule has 0 aromatic heterocycles. The second-order valence-corrected chi connectivity index (χ2v) is 14.2. The summed E-state index contributed by atoms with van der Waals surface area (Å²) in [5.74, 6) is -1.32. The second-order valence-electron chi connectivity index (χ2n) is 7.52. The van der Waals surface area contributed by atoms with Gasteiger partial charge in [-0.15, -0.1) is 0 Å². The van der Waals surface area contributed by atoms with E-state index in [0.29, 0.717) is 6.42 Å². The Morgan fingerprint density at radius 3 is 1.83 bits per heavy atom. The Balaban J connectivity index is 2.09. The first kappa shape index (κ1) is 20.2. The average Bonchev–Trinajstić information content (AvgIpc) is 3.41. The third kappa shape index (κ3) is 2.92. The topological polar surface area (TPSA) is 52.6 Å². The Bertz CT molecular complexity index is 1140. The van der Waals surface area contributed by atoms with Gasteiger partial charge in [-0.2, -0.15) is 0 Å². The molecule has 5 heteroatoms. The van der Waals surface area contributed by atoms with Crippen molar-refractivity contribution < 1.29 is 31.8 Å². The molecule has 0 saturated heterocycles. The van der Waals surface area contributed by atoms with Crippen LogP contribution in [0.1, 0.15) is 21.8 Å². The van der Waals surface area contributed by atoms with Crippen molar-refractivity contribution in [1.29, 1.82) is 0 Å². The third-order valence-electron chi connectivity index (χ3n) is 5.85. The summed E-state index contributed by atoms with van der Waals surface area (Å²) in [7, 11) is 0. The van der Waals surface area contributed by atoms with Gasteiger partial charge < -0.3 is 0 Å². The molecule has 2 aliphatic carbocycles. The van der Waals surface area contributed by atoms with E-state index < -0.39 is 31.8 Å². The molecule has 4 nitrogen and oxygen atoms in total. The summed E-state index contributed by atoms with van der Waals surface area (Å²) in [4.78, 5) is 29.8. The predicted octanol–water partition coefficient (Wildman–Crippen LogP) is 5.01. The molecule has 4 rings (SSSR count). The van der Waals surface area contributed by atoms with Gasteiger partial charge in [0.15, 0.2) is 0 Å². The van der Waals surface area contributed by atoms with Gasteiger partial charge in [0.1, 0.15) is 0 Å². The summed E-state index contributed by atoms with van der Waals surface area (Å²) >= 11 is -5.35. The summed E-state index contributed by atoms with van der Waals surface area (Å²) in [6.45, 7) is 7.10. The molecule has 0 aliphatic heterocycles. The average molecular weight is 434 g/mol. The Kier molecular flexibility index (Phi) is 4.93. The molecule has 0 fully saturated rings. The van der Waals surface area contributed by atoms with E-state index in [1.807, 2.05) is 66.8 Å². The van der Waals surface area contributed by atoms with Crippen molar-refractivity contribution in [2.45, 2.75) is 10.6 Å². The van der Waals surface area contributed by atoms with Gasteiger partial charge in [0, 0.05) is 0 Å². The van der Waals surface area contributed by atoms with E-state index >= 15 is 0 Å². The van der Waals surface area contributed by atoms with Gasteiger partial charge >= 0.3 is 177 Å². The summed E-state index contributed by atoms with van der Waals surface area (Å²) in [6, 6.07) is 15.8. The molecule has 2 aliphatic rings. The molecule has 0 saturated carbocycles. The van der Waals surface area contributed by atoms with Crippen LogP contribution in [0.2, 0.25) is 0 Å². The zero-order valence-corrected chi connectivity index (χ0v) is 18.1. The molecule has 0 bridgehead atoms. The molecular formula is C25H22O4Ti. The van der Waals surface area contributed by atoms with E-state index in [-0.39, 0.29) is 0 Å². The first-order valence-electron chi connectivity index (χ1n) is 9.71. The standard InChI is InChI=1S/C13H9.C5H5.2C3H4O2.CH2.Ti/c1-3-7-12-10(5-1)9-11-6-2-4-8-13(11)12;1-2-4-5-3-1;2*1-2-3(4)5;;/h1-9H;1-3H,4H2;2*2H,1H2,(H,4,5);1H2;/q;;;;;+2/p-2. The predicted molar refractivity (Wildman–Crippen MR) is 115 cm³/mol. The van der Waals surface area contributed by atoms with Gasteiger partial charge in [0.05, 0.1) is 0 Å². The monoisotopic (exact) mass is 434 g/mol. The van der Waals surface area contributed by atoms with Crippen molar-refractivity contribution in [2.24, 2.45) is 0 Å². The molecule has 0 N–H and O–H groups in total. The van der Waals surface area contributed by atoms with Crippen LogP contribution in [-0.4, -0.2) is 16.8 Å². The maximum absolute atomic E-state index is 12.6. The summed E-state index contributed by atoms with van der Waals surface area (Å²) in [6.07, 6.45) is 8.35. The fourth-order valence-corrected chi connectivity index (χ4v) is 12.0. The van der Waals surface area contributed by atoms with E-state index in [1.165, 1.54) is 0 Å². The van der Waals surface area contributed by atoms with Crippen LogP contribution in [0.3, 0.4) is 0 Å². The quantitative estimate of drug-likeness (QED) is 0.474. The van der Waals surface area contributed by atoms with Crippen molar-refractivity contribution in [1.82, 2.24) is 0 Å². The van der Waals surface area contributed by atoms with E-state index in [0.717, 1.165) is 38.3 Å². The maximum atomic E-state index is 12.6. The van der Waals surface area contributed by atoms with Crippen molar-refractivity contribution in [3.05, 3.63) is 107 Å². The third-order valence-corrected chi connectivity index (χ3v) is 13.4. The molecule has 0 spiro atoms. The fourth-order valence-electron chi connectivity index (χ4n) is 4.60. The van der Waals surface area contributed by atoms with Crippen molar-refractivity contribution in [3.8, 4) is 11.1 Å². The number of allylic oxidation sites excluding steroid dienone is 4. The molecule has 0 atom stereocenters. The zero-order valence-electron chi connectivity index (χ0n) is 16.5. The minimum absolute atomic E-state index is 0.492. The van der Waals surface area contributed by atoms with Crippen LogP contribution in [0.15, 0.2) is 95.9 Å². The summed E-state index contributed by atoms with van der Waals surface area (Å²) in [5, 5.41) is 0. The van der Waals surface area contributed by atoms with E-state index in [1.54, 1.807) is 0 Å². The fraction of sp³-hybridized carbons (Fsp3) is 0.0800. The van der Waals surface area contributed by atoms with Crippen LogP contribution < -0.4 is 0 Å². The van der Waals surface area contributed by atoms with Crippen LogP contribution in [0.5, 0.6) is 0 Å². The molecule has 30 heavy (non-hydrogen) atoms. The van der Waals surface area contributed by atoms with Gasteiger partial charge in [0.2, 0.25) is 0 Å². The van der Waals surface area contributed by atoms with Crippen LogP contribution in [0, 0.1) is 0 Å². The number of carbonyl (C=O) groups is 2. The van der Waals surface area contributed by atoms with Gasteiger partial charge in [0.25, 0.3) is 0 Å². The van der Waals surface area contributed by atoms with Gasteiger partial charge in [-0.05, 0) is 0 Å². The number of hydrogen-bond acceptors (Lipinski definition) is 4. The van der Waals surface area contributed by atoms with E-state index in [2.05, 4.69) is 18.0 Å². The summed E-state index contributed by atoms with van der Waals surface area (Å²) < 4.78 is 12.6. The van der Waals surface area contributed by atoms with Crippen molar-refractivity contribution in [3.63, 3.8) is 0 Å². The number of rotatable bonds is 6. The molecule has 2 aromatic rings. The van der Waals surface area contributed by atoms with Gasteiger partial charge in [-0.3, -0.25) is 0 Å². The number of carbonyl (C=O) groups excluding carboxylic acids is 2.